The number of hydrogen-bond acceptors (Lipinski definition) is 3. The van der Waals surface area contributed by atoms with Crippen LogP contribution in [0.15, 0.2) is 42.7 Å². The third-order valence-electron chi connectivity index (χ3n) is 5.76. The molecule has 1 aliphatic heterocycles. The Morgan fingerprint density at radius 2 is 1.86 bits per heavy atom. The minimum atomic E-state index is -0.533. The highest BCUT2D eigenvalue weighted by atomic mass is 16.3. The lowest BCUT2D eigenvalue weighted by Crippen LogP contribution is -2.27. The van der Waals surface area contributed by atoms with Gasteiger partial charge in [0.1, 0.15) is 0 Å². The van der Waals surface area contributed by atoms with E-state index < -0.39 is 6.10 Å². The normalized spacial score (nSPS) is 15.9. The van der Waals surface area contributed by atoms with Crippen molar-refractivity contribution in [3.8, 4) is 0 Å². The van der Waals surface area contributed by atoms with Crippen LogP contribution in [-0.2, 0) is 24.9 Å². The molecule has 0 bridgehead atoms. The van der Waals surface area contributed by atoms with Crippen LogP contribution in [0.3, 0.4) is 0 Å². The molecule has 0 radical (unpaired) electrons. The molecule has 0 saturated carbocycles. The van der Waals surface area contributed by atoms with Crippen LogP contribution in [0.2, 0.25) is 0 Å². The standard InChI is InChI=1S/C23H29N3O.CH4/c1-23(2,3)17-5-6-20-18(13-17)19-14-25(4)12-9-21(19)26(20)15-22(27)16-7-10-24-11-8-16;/h5-8,10-11,13,22,27H,9,12,14-15H2,1-4H3;1H4. The number of aliphatic hydroxyl groups excluding tert-OH is 1. The fourth-order valence-electron chi connectivity index (χ4n) is 4.12. The van der Waals surface area contributed by atoms with E-state index in [0.29, 0.717) is 6.54 Å². The van der Waals surface area contributed by atoms with Crippen molar-refractivity contribution in [2.75, 3.05) is 13.6 Å². The van der Waals surface area contributed by atoms with E-state index >= 15 is 0 Å². The van der Waals surface area contributed by atoms with Crippen molar-refractivity contribution in [2.24, 2.45) is 0 Å². The van der Waals surface area contributed by atoms with E-state index in [9.17, 15) is 5.11 Å². The molecule has 4 heteroatoms. The largest absolute Gasteiger partial charge is 0.387 e. The third kappa shape index (κ3) is 3.71. The van der Waals surface area contributed by atoms with Gasteiger partial charge in [-0.3, -0.25) is 4.98 Å². The summed E-state index contributed by atoms with van der Waals surface area (Å²) in [5.74, 6) is 0. The molecule has 4 nitrogen and oxygen atoms in total. The summed E-state index contributed by atoms with van der Waals surface area (Å²) >= 11 is 0. The van der Waals surface area contributed by atoms with Gasteiger partial charge in [-0.25, -0.2) is 0 Å². The SMILES string of the molecule is C.CN1CCc2c(c3cc(C(C)(C)C)ccc3n2CC(O)c2ccncc2)C1. The Bertz CT molecular complexity index is 953. The smallest absolute Gasteiger partial charge is 0.0970 e. The van der Waals surface area contributed by atoms with E-state index in [1.54, 1.807) is 12.4 Å². The van der Waals surface area contributed by atoms with Gasteiger partial charge in [-0.15, -0.1) is 0 Å². The monoisotopic (exact) mass is 379 g/mol. The van der Waals surface area contributed by atoms with Crippen molar-refractivity contribution in [3.63, 3.8) is 0 Å². The molecular formula is C24H33N3O. The van der Waals surface area contributed by atoms with Gasteiger partial charge in [0.25, 0.3) is 0 Å². The van der Waals surface area contributed by atoms with Gasteiger partial charge in [-0.1, -0.05) is 34.3 Å². The summed E-state index contributed by atoms with van der Waals surface area (Å²) in [6, 6.07) is 10.6. The predicted molar refractivity (Wildman–Crippen MR) is 117 cm³/mol. The Morgan fingerprint density at radius 3 is 2.54 bits per heavy atom. The average molecular weight is 380 g/mol. The Hall–Kier alpha value is -2.17. The molecule has 1 unspecified atom stereocenters. The van der Waals surface area contributed by atoms with Crippen molar-refractivity contribution in [1.82, 2.24) is 14.5 Å². The molecule has 0 spiro atoms. The van der Waals surface area contributed by atoms with Gasteiger partial charge in [0, 0.05) is 48.5 Å². The molecule has 1 aliphatic rings. The number of aromatic nitrogens is 2. The quantitative estimate of drug-likeness (QED) is 0.718. The summed E-state index contributed by atoms with van der Waals surface area (Å²) in [6.07, 6.45) is 3.97. The summed E-state index contributed by atoms with van der Waals surface area (Å²) in [7, 11) is 2.19. The second-order valence-electron chi connectivity index (χ2n) is 8.80. The molecule has 0 saturated heterocycles. The topological polar surface area (TPSA) is 41.3 Å². The molecule has 2 aromatic heterocycles. The average Bonchev–Trinajstić information content (AvgIpc) is 2.94. The third-order valence-corrected chi connectivity index (χ3v) is 5.76. The van der Waals surface area contributed by atoms with Crippen molar-refractivity contribution in [2.45, 2.75) is 59.2 Å². The van der Waals surface area contributed by atoms with E-state index in [1.165, 1.54) is 27.7 Å². The molecule has 150 valence electrons. The first-order valence-corrected chi connectivity index (χ1v) is 9.75. The van der Waals surface area contributed by atoms with Gasteiger partial charge in [0.2, 0.25) is 0 Å². The Balaban J connectivity index is 0.00000225. The van der Waals surface area contributed by atoms with Crippen LogP contribution in [0.1, 0.15) is 56.7 Å². The Kier molecular flexibility index (Phi) is 5.64. The van der Waals surface area contributed by atoms with E-state index in [-0.39, 0.29) is 12.8 Å². The van der Waals surface area contributed by atoms with Gasteiger partial charge < -0.3 is 14.6 Å². The first-order valence-electron chi connectivity index (χ1n) is 9.75. The lowest BCUT2D eigenvalue weighted by atomic mass is 9.86. The van der Waals surface area contributed by atoms with Crippen molar-refractivity contribution >= 4 is 10.9 Å². The maximum Gasteiger partial charge on any atom is 0.0970 e. The van der Waals surface area contributed by atoms with Crippen molar-refractivity contribution in [1.29, 1.82) is 0 Å². The molecular weight excluding hydrogens is 346 g/mol. The highest BCUT2D eigenvalue weighted by Gasteiger charge is 2.25. The zero-order valence-electron chi connectivity index (χ0n) is 16.7. The number of hydrogen-bond donors (Lipinski definition) is 1. The first kappa shape index (κ1) is 20.6. The highest BCUT2D eigenvalue weighted by Crippen LogP contribution is 2.35. The lowest BCUT2D eigenvalue weighted by Gasteiger charge is -2.25. The summed E-state index contributed by atoms with van der Waals surface area (Å²) in [5, 5.41) is 12.2. The van der Waals surface area contributed by atoms with Gasteiger partial charge in [-0.05, 0) is 53.4 Å². The predicted octanol–water partition coefficient (Wildman–Crippen LogP) is 4.69. The number of fused-ring (bicyclic) bond motifs is 3. The van der Waals surface area contributed by atoms with Crippen LogP contribution in [0, 0.1) is 0 Å². The highest BCUT2D eigenvalue weighted by molar-refractivity contribution is 5.87. The minimum Gasteiger partial charge on any atom is -0.387 e. The molecule has 0 amide bonds. The zero-order valence-corrected chi connectivity index (χ0v) is 16.7. The molecule has 3 heterocycles. The van der Waals surface area contributed by atoms with Crippen LogP contribution in [0.4, 0.5) is 0 Å². The molecule has 0 aliphatic carbocycles. The molecule has 3 aromatic rings. The van der Waals surface area contributed by atoms with Gasteiger partial charge in [-0.2, -0.15) is 0 Å². The fraction of sp³-hybridized carbons (Fsp3) is 0.458. The molecule has 1 atom stereocenters. The number of pyridine rings is 1. The van der Waals surface area contributed by atoms with Crippen LogP contribution < -0.4 is 0 Å². The van der Waals surface area contributed by atoms with E-state index in [1.807, 2.05) is 12.1 Å². The van der Waals surface area contributed by atoms with E-state index in [2.05, 4.69) is 60.5 Å². The van der Waals surface area contributed by atoms with Gasteiger partial charge >= 0.3 is 0 Å². The maximum atomic E-state index is 10.8. The number of nitrogens with zero attached hydrogens (tertiary/aromatic N) is 3. The zero-order chi connectivity index (χ0) is 19.2. The van der Waals surface area contributed by atoms with Crippen LogP contribution in [0.25, 0.3) is 10.9 Å². The molecule has 28 heavy (non-hydrogen) atoms. The Labute approximate surface area is 168 Å². The van der Waals surface area contributed by atoms with Gasteiger partial charge in [0.15, 0.2) is 0 Å². The second-order valence-corrected chi connectivity index (χ2v) is 8.80. The van der Waals surface area contributed by atoms with E-state index in [4.69, 9.17) is 0 Å². The van der Waals surface area contributed by atoms with Gasteiger partial charge in [0.05, 0.1) is 12.6 Å². The number of benzene rings is 1. The molecule has 4 rings (SSSR count). The Morgan fingerprint density at radius 1 is 1.14 bits per heavy atom. The summed E-state index contributed by atoms with van der Waals surface area (Å²) in [4.78, 5) is 6.45. The van der Waals surface area contributed by atoms with Crippen LogP contribution in [0.5, 0.6) is 0 Å². The summed E-state index contributed by atoms with van der Waals surface area (Å²) < 4.78 is 2.34. The second kappa shape index (κ2) is 7.69. The summed E-state index contributed by atoms with van der Waals surface area (Å²) in [5.41, 5.74) is 6.43. The lowest BCUT2D eigenvalue weighted by molar-refractivity contribution is 0.156. The van der Waals surface area contributed by atoms with Crippen LogP contribution in [-0.4, -0.2) is 33.1 Å². The van der Waals surface area contributed by atoms with Crippen molar-refractivity contribution < 1.29 is 5.11 Å². The van der Waals surface area contributed by atoms with Crippen LogP contribution >= 0.6 is 0 Å². The number of rotatable bonds is 3. The number of aliphatic hydroxyl groups is 1. The maximum absolute atomic E-state index is 10.8. The molecule has 1 aromatic carbocycles. The summed E-state index contributed by atoms with van der Waals surface area (Å²) in [6.45, 7) is 9.39. The molecule has 1 N–H and O–H groups in total. The minimum absolute atomic E-state index is 0. The van der Waals surface area contributed by atoms with E-state index in [0.717, 1.165) is 25.1 Å². The molecule has 0 fully saturated rings. The fourth-order valence-corrected chi connectivity index (χ4v) is 4.12. The van der Waals surface area contributed by atoms with Crippen molar-refractivity contribution in [3.05, 3.63) is 65.1 Å². The number of likely N-dealkylation sites (N-methyl/N-ethyl adjacent to an activating group) is 1. The first-order chi connectivity index (χ1) is 12.8.